The van der Waals surface area contributed by atoms with Gasteiger partial charge in [0.15, 0.2) is 6.10 Å². The molecule has 1 unspecified atom stereocenters. The highest BCUT2D eigenvalue weighted by Gasteiger charge is 2.37. The van der Waals surface area contributed by atoms with Crippen molar-refractivity contribution in [1.82, 2.24) is 5.32 Å². The van der Waals surface area contributed by atoms with Gasteiger partial charge in [0.05, 0.1) is 23.7 Å². The van der Waals surface area contributed by atoms with Crippen molar-refractivity contribution in [2.75, 3.05) is 24.0 Å². The van der Waals surface area contributed by atoms with E-state index in [0.717, 1.165) is 23.3 Å². The van der Waals surface area contributed by atoms with Gasteiger partial charge in [0.25, 0.3) is 15.9 Å². The Morgan fingerprint density at radius 2 is 1.71 bits per heavy atom. The molecule has 0 saturated carbocycles. The predicted molar refractivity (Wildman–Crippen MR) is 136 cm³/mol. The first-order valence-electron chi connectivity index (χ1n) is 11.6. The molecule has 1 aliphatic rings. The summed E-state index contributed by atoms with van der Waals surface area (Å²) in [4.78, 5) is 13.1. The minimum Gasteiger partial charge on any atom is -0.492 e. The molecule has 0 fully saturated rings. The van der Waals surface area contributed by atoms with E-state index in [-0.39, 0.29) is 24.6 Å². The van der Waals surface area contributed by atoms with Gasteiger partial charge < -0.3 is 14.8 Å². The molecule has 35 heavy (non-hydrogen) atoms. The van der Waals surface area contributed by atoms with E-state index in [2.05, 4.69) is 12.2 Å². The fourth-order valence-electron chi connectivity index (χ4n) is 3.84. The third-order valence-corrected chi connectivity index (χ3v) is 7.68. The van der Waals surface area contributed by atoms with Gasteiger partial charge in [-0.25, -0.2) is 8.42 Å². The summed E-state index contributed by atoms with van der Waals surface area (Å²) in [6.45, 7) is 6.29. The van der Waals surface area contributed by atoms with Crippen LogP contribution in [0.5, 0.6) is 11.5 Å². The van der Waals surface area contributed by atoms with Crippen LogP contribution in [0.1, 0.15) is 23.6 Å². The van der Waals surface area contributed by atoms with Crippen LogP contribution in [0.2, 0.25) is 0 Å². The number of carbonyl (C=O) groups is 1. The molecule has 8 heteroatoms. The number of ether oxygens (including phenoxy) is 2. The van der Waals surface area contributed by atoms with Crippen LogP contribution in [-0.4, -0.2) is 40.1 Å². The lowest BCUT2D eigenvalue weighted by atomic mass is 10.1. The average Bonchev–Trinajstić information content (AvgIpc) is 2.86. The molecule has 3 aromatic rings. The number of nitrogens with zero attached hydrogens (tertiary/aromatic N) is 1. The summed E-state index contributed by atoms with van der Waals surface area (Å²) in [5, 5.41) is 2.80. The number of anilines is 1. The van der Waals surface area contributed by atoms with Crippen LogP contribution in [-0.2, 0) is 21.2 Å². The van der Waals surface area contributed by atoms with E-state index in [1.807, 2.05) is 44.2 Å². The highest BCUT2D eigenvalue weighted by Crippen LogP contribution is 2.37. The molecule has 1 atom stereocenters. The first kappa shape index (κ1) is 24.6. The quantitative estimate of drug-likeness (QED) is 0.478. The highest BCUT2D eigenvalue weighted by atomic mass is 32.2. The minimum absolute atomic E-state index is 0.127. The van der Waals surface area contributed by atoms with Crippen molar-refractivity contribution in [3.63, 3.8) is 0 Å². The molecule has 0 saturated heterocycles. The maximum Gasteiger partial charge on any atom is 0.264 e. The number of carbonyl (C=O) groups excluding carboxylic acids is 1. The van der Waals surface area contributed by atoms with Gasteiger partial charge in [-0.05, 0) is 67.8 Å². The van der Waals surface area contributed by atoms with Crippen LogP contribution in [0.15, 0.2) is 71.6 Å². The van der Waals surface area contributed by atoms with Gasteiger partial charge in [-0.2, -0.15) is 0 Å². The number of hydrogen-bond donors (Lipinski definition) is 1. The summed E-state index contributed by atoms with van der Waals surface area (Å²) in [6.07, 6.45) is -0.0360. The number of fused-ring (bicyclic) bond motifs is 1. The third kappa shape index (κ3) is 5.59. The Bertz CT molecular complexity index is 1290. The van der Waals surface area contributed by atoms with Crippen molar-refractivity contribution >= 4 is 21.6 Å². The monoisotopic (exact) mass is 494 g/mol. The minimum atomic E-state index is -3.89. The summed E-state index contributed by atoms with van der Waals surface area (Å²) < 4.78 is 39.9. The molecule has 3 aromatic carbocycles. The molecular weight excluding hydrogens is 464 g/mol. The second-order valence-corrected chi connectivity index (χ2v) is 10.4. The molecule has 0 aliphatic carbocycles. The van der Waals surface area contributed by atoms with E-state index in [1.54, 1.807) is 36.4 Å². The van der Waals surface area contributed by atoms with E-state index in [4.69, 9.17) is 9.47 Å². The summed E-state index contributed by atoms with van der Waals surface area (Å²) in [7, 11) is -3.89. The van der Waals surface area contributed by atoms with Crippen molar-refractivity contribution in [2.45, 2.75) is 38.2 Å². The number of aryl methyl sites for hydroxylation is 3. The molecule has 0 radical (unpaired) electrons. The van der Waals surface area contributed by atoms with E-state index in [9.17, 15) is 13.2 Å². The van der Waals surface area contributed by atoms with E-state index in [0.29, 0.717) is 11.4 Å². The van der Waals surface area contributed by atoms with Crippen molar-refractivity contribution < 1.29 is 22.7 Å². The van der Waals surface area contributed by atoms with E-state index < -0.39 is 22.0 Å². The Labute approximate surface area is 206 Å². The molecule has 1 heterocycles. The number of amides is 1. The van der Waals surface area contributed by atoms with E-state index in [1.165, 1.54) is 9.87 Å². The maximum atomic E-state index is 13.5. The molecule has 1 amide bonds. The fourth-order valence-corrected chi connectivity index (χ4v) is 5.31. The zero-order valence-corrected chi connectivity index (χ0v) is 21.0. The summed E-state index contributed by atoms with van der Waals surface area (Å²) in [6, 6.07) is 19.8. The number of nitrogens with one attached hydrogen (secondary N) is 1. The maximum absolute atomic E-state index is 13.5. The molecule has 0 aromatic heterocycles. The van der Waals surface area contributed by atoms with Gasteiger partial charge in [-0.3, -0.25) is 9.10 Å². The van der Waals surface area contributed by atoms with Crippen molar-refractivity contribution in [1.29, 1.82) is 0 Å². The topological polar surface area (TPSA) is 84.9 Å². The Hall–Kier alpha value is -3.52. The summed E-state index contributed by atoms with van der Waals surface area (Å²) in [5.41, 5.74) is 3.50. The fraction of sp³-hybridized carbons (Fsp3) is 0.296. The lowest BCUT2D eigenvalue weighted by Crippen LogP contribution is -2.51. The van der Waals surface area contributed by atoms with Gasteiger partial charge in [0.2, 0.25) is 0 Å². The first-order chi connectivity index (χ1) is 16.8. The van der Waals surface area contributed by atoms with Crippen LogP contribution >= 0.6 is 0 Å². The van der Waals surface area contributed by atoms with Crippen molar-refractivity contribution in [2.24, 2.45) is 0 Å². The largest absolute Gasteiger partial charge is 0.492 e. The smallest absolute Gasteiger partial charge is 0.264 e. The molecular formula is C27H30N2O5S. The summed E-state index contributed by atoms with van der Waals surface area (Å²) >= 11 is 0. The van der Waals surface area contributed by atoms with Gasteiger partial charge in [0, 0.05) is 0 Å². The van der Waals surface area contributed by atoms with Crippen molar-refractivity contribution in [3.05, 3.63) is 83.4 Å². The van der Waals surface area contributed by atoms with E-state index >= 15 is 0 Å². The average molecular weight is 495 g/mol. The number of benzene rings is 3. The van der Waals surface area contributed by atoms with Gasteiger partial charge in [0.1, 0.15) is 18.1 Å². The number of rotatable bonds is 8. The molecule has 1 aliphatic heterocycles. The zero-order chi connectivity index (χ0) is 25.0. The molecule has 0 bridgehead atoms. The molecule has 7 nitrogen and oxygen atoms in total. The summed E-state index contributed by atoms with van der Waals surface area (Å²) in [5.74, 6) is 0.681. The highest BCUT2D eigenvalue weighted by molar-refractivity contribution is 7.92. The third-order valence-electron chi connectivity index (χ3n) is 5.89. The lowest BCUT2D eigenvalue weighted by Gasteiger charge is -2.35. The molecule has 1 N–H and O–H groups in total. The Balaban J connectivity index is 1.46. The standard InChI is InChI=1S/C27H30N2O5S/c1-4-21-8-10-22(11-9-21)33-16-15-28-27(30)26-18-29(24-17-20(3)7-14-25(24)34-26)35(31,32)23-12-5-19(2)6-13-23/h5-14,17,26H,4,15-16,18H2,1-3H3,(H,28,30). The van der Waals surface area contributed by atoms with Crippen molar-refractivity contribution in [3.8, 4) is 11.5 Å². The van der Waals surface area contributed by atoms with Gasteiger partial charge in [-0.1, -0.05) is 42.8 Å². The Morgan fingerprint density at radius 3 is 2.40 bits per heavy atom. The Kier molecular flexibility index (Phi) is 7.31. The number of sulfonamides is 1. The predicted octanol–water partition coefficient (Wildman–Crippen LogP) is 4.02. The van der Waals surface area contributed by atoms with Crippen LogP contribution < -0.4 is 19.1 Å². The molecule has 184 valence electrons. The molecule has 4 rings (SSSR count). The van der Waals surface area contributed by atoms with Crippen LogP contribution in [0, 0.1) is 13.8 Å². The first-order valence-corrected chi connectivity index (χ1v) is 13.1. The SMILES string of the molecule is CCc1ccc(OCCNC(=O)C2CN(S(=O)(=O)c3ccc(C)cc3)c3cc(C)ccc3O2)cc1. The molecule has 0 spiro atoms. The van der Waals surface area contributed by atoms with Crippen LogP contribution in [0.25, 0.3) is 0 Å². The second kappa shape index (κ2) is 10.4. The lowest BCUT2D eigenvalue weighted by molar-refractivity contribution is -0.127. The second-order valence-electron chi connectivity index (χ2n) is 8.56. The normalized spacial score (nSPS) is 15.2. The van der Waals surface area contributed by atoms with Crippen LogP contribution in [0.4, 0.5) is 5.69 Å². The van der Waals surface area contributed by atoms with Gasteiger partial charge in [-0.15, -0.1) is 0 Å². The van der Waals surface area contributed by atoms with Crippen LogP contribution in [0.3, 0.4) is 0 Å². The zero-order valence-electron chi connectivity index (χ0n) is 20.2. The number of hydrogen-bond acceptors (Lipinski definition) is 5. The Morgan fingerprint density at radius 1 is 1.03 bits per heavy atom. The van der Waals surface area contributed by atoms with Gasteiger partial charge >= 0.3 is 0 Å².